The first-order valence-electron chi connectivity index (χ1n) is 7.16. The van der Waals surface area contributed by atoms with Gasteiger partial charge in [-0.25, -0.2) is 14.1 Å². The van der Waals surface area contributed by atoms with Gasteiger partial charge in [-0.05, 0) is 47.9 Å². The van der Waals surface area contributed by atoms with Gasteiger partial charge in [-0.15, -0.1) is 11.3 Å². The smallest absolute Gasteiger partial charge is 0.265 e. The zero-order valence-electron chi connectivity index (χ0n) is 12.3. The molecule has 0 saturated heterocycles. The van der Waals surface area contributed by atoms with Gasteiger partial charge in [-0.3, -0.25) is 4.79 Å². The molecule has 1 N–H and O–H groups in total. The van der Waals surface area contributed by atoms with Gasteiger partial charge in [0.25, 0.3) is 5.91 Å². The molecule has 0 bridgehead atoms. The fourth-order valence-corrected chi connectivity index (χ4v) is 3.32. The number of hydrogen-bond donors (Lipinski definition) is 1. The van der Waals surface area contributed by atoms with Gasteiger partial charge >= 0.3 is 0 Å². The van der Waals surface area contributed by atoms with Gasteiger partial charge in [0.15, 0.2) is 5.82 Å². The summed E-state index contributed by atoms with van der Waals surface area (Å²) >= 11 is 1.32. The molecule has 4 aromatic rings. The van der Waals surface area contributed by atoms with E-state index in [4.69, 9.17) is 0 Å². The Kier molecular flexibility index (Phi) is 3.55. The normalized spacial score (nSPS) is 10.9. The third-order valence-electron chi connectivity index (χ3n) is 3.46. The lowest BCUT2D eigenvalue weighted by Gasteiger charge is -2.08. The van der Waals surface area contributed by atoms with Crippen LogP contribution in [0.3, 0.4) is 0 Å². The van der Waals surface area contributed by atoms with Gasteiger partial charge in [0.2, 0.25) is 0 Å². The van der Waals surface area contributed by atoms with Crippen molar-refractivity contribution < 1.29 is 9.18 Å². The number of carbonyl (C=O) groups excluding carboxylic acids is 1. The van der Waals surface area contributed by atoms with Crippen LogP contribution in [0.2, 0.25) is 0 Å². The summed E-state index contributed by atoms with van der Waals surface area (Å²) in [6, 6.07) is 11.4. The monoisotopic (exact) mass is 338 g/mol. The summed E-state index contributed by atoms with van der Waals surface area (Å²) in [5.74, 6) is -0.0542. The maximum atomic E-state index is 13.3. The molecule has 1 amide bonds. The molecule has 3 heterocycles. The molecular formula is C17H11FN4OS. The number of anilines is 1. The first-order valence-corrected chi connectivity index (χ1v) is 7.98. The van der Waals surface area contributed by atoms with Crippen molar-refractivity contribution in [2.45, 2.75) is 0 Å². The molecule has 0 atom stereocenters. The Balaban J connectivity index is 1.66. The number of carbonyl (C=O) groups is 1. The first kappa shape index (κ1) is 14.5. The van der Waals surface area contributed by atoms with Crippen LogP contribution in [0, 0.1) is 5.82 Å². The molecule has 0 aliphatic carbocycles. The minimum atomic E-state index is -0.319. The number of thiophene rings is 1. The Hall–Kier alpha value is -3.06. The average molecular weight is 338 g/mol. The highest BCUT2D eigenvalue weighted by molar-refractivity contribution is 7.20. The van der Waals surface area contributed by atoms with Crippen molar-refractivity contribution in [1.29, 1.82) is 0 Å². The maximum absolute atomic E-state index is 13.3. The second-order valence-corrected chi connectivity index (χ2v) is 6.16. The van der Waals surface area contributed by atoms with Gasteiger partial charge in [0.1, 0.15) is 5.82 Å². The van der Waals surface area contributed by atoms with E-state index in [1.807, 2.05) is 0 Å². The van der Waals surface area contributed by atoms with Crippen molar-refractivity contribution in [2.75, 3.05) is 5.32 Å². The van der Waals surface area contributed by atoms with E-state index in [-0.39, 0.29) is 11.7 Å². The maximum Gasteiger partial charge on any atom is 0.265 e. The fourth-order valence-electron chi connectivity index (χ4n) is 2.38. The molecule has 5 nitrogen and oxygen atoms in total. The molecule has 118 valence electrons. The number of halogens is 1. The van der Waals surface area contributed by atoms with Gasteiger partial charge in [-0.1, -0.05) is 0 Å². The zero-order valence-corrected chi connectivity index (χ0v) is 13.1. The van der Waals surface area contributed by atoms with E-state index in [1.165, 1.54) is 23.5 Å². The number of nitrogens with one attached hydrogen (secondary N) is 1. The Morgan fingerprint density at radius 1 is 1.17 bits per heavy atom. The molecule has 0 saturated carbocycles. The van der Waals surface area contributed by atoms with Crippen molar-refractivity contribution in [1.82, 2.24) is 14.8 Å². The Morgan fingerprint density at radius 3 is 2.92 bits per heavy atom. The number of hydrogen-bond acceptors (Lipinski definition) is 4. The number of benzene rings is 1. The highest BCUT2D eigenvalue weighted by Gasteiger charge is 2.14. The summed E-state index contributed by atoms with van der Waals surface area (Å²) < 4.78 is 15.7. The molecule has 0 aliphatic rings. The summed E-state index contributed by atoms with van der Waals surface area (Å²) in [6.07, 6.45) is 5.02. The minimum Gasteiger partial charge on any atom is -0.318 e. The third-order valence-corrected chi connectivity index (χ3v) is 4.57. The van der Waals surface area contributed by atoms with Crippen LogP contribution in [0.4, 0.5) is 10.1 Å². The van der Waals surface area contributed by atoms with E-state index < -0.39 is 0 Å². The van der Waals surface area contributed by atoms with E-state index in [0.29, 0.717) is 21.8 Å². The topological polar surface area (TPSA) is 59.8 Å². The van der Waals surface area contributed by atoms with Crippen LogP contribution in [0.5, 0.6) is 0 Å². The van der Waals surface area contributed by atoms with E-state index in [1.54, 1.807) is 53.6 Å². The molecule has 0 unspecified atom stereocenters. The van der Waals surface area contributed by atoms with Gasteiger partial charge in [-0.2, -0.15) is 5.10 Å². The van der Waals surface area contributed by atoms with Crippen LogP contribution in [-0.4, -0.2) is 20.7 Å². The quantitative estimate of drug-likeness (QED) is 0.617. The molecule has 4 rings (SSSR count). The van der Waals surface area contributed by atoms with Crippen molar-refractivity contribution >= 4 is 33.0 Å². The molecule has 0 radical (unpaired) electrons. The molecule has 24 heavy (non-hydrogen) atoms. The predicted molar refractivity (Wildman–Crippen MR) is 91.1 cm³/mol. The Bertz CT molecular complexity index is 1030. The first-order chi connectivity index (χ1) is 11.7. The zero-order chi connectivity index (χ0) is 16.5. The summed E-state index contributed by atoms with van der Waals surface area (Å²) in [5.41, 5.74) is 0.551. The molecule has 1 aromatic carbocycles. The van der Waals surface area contributed by atoms with E-state index in [0.717, 1.165) is 4.70 Å². The van der Waals surface area contributed by atoms with Crippen molar-refractivity contribution in [3.05, 3.63) is 71.7 Å². The molecule has 0 spiro atoms. The van der Waals surface area contributed by atoms with E-state index in [9.17, 15) is 9.18 Å². The van der Waals surface area contributed by atoms with E-state index >= 15 is 0 Å². The molecule has 0 fully saturated rings. The number of nitrogens with zero attached hydrogens (tertiary/aromatic N) is 3. The lowest BCUT2D eigenvalue weighted by atomic mass is 10.2. The van der Waals surface area contributed by atoms with Gasteiger partial charge in [0.05, 0.1) is 10.6 Å². The van der Waals surface area contributed by atoms with Crippen LogP contribution in [-0.2, 0) is 0 Å². The van der Waals surface area contributed by atoms with Crippen LogP contribution in [0.1, 0.15) is 9.67 Å². The minimum absolute atomic E-state index is 0.266. The van der Waals surface area contributed by atoms with Crippen molar-refractivity contribution in [2.24, 2.45) is 0 Å². The number of rotatable bonds is 3. The lowest BCUT2D eigenvalue weighted by Crippen LogP contribution is -2.13. The number of amides is 1. The molecule has 3 aromatic heterocycles. The second-order valence-electron chi connectivity index (χ2n) is 5.07. The number of pyridine rings is 1. The molecular weight excluding hydrogens is 327 g/mol. The highest BCUT2D eigenvalue weighted by atomic mass is 32.1. The van der Waals surface area contributed by atoms with Crippen LogP contribution >= 0.6 is 11.3 Å². The lowest BCUT2D eigenvalue weighted by molar-refractivity contribution is 0.103. The average Bonchev–Trinajstić information content (AvgIpc) is 3.24. The van der Waals surface area contributed by atoms with Crippen LogP contribution in [0.15, 0.2) is 61.1 Å². The summed E-state index contributed by atoms with van der Waals surface area (Å²) in [4.78, 5) is 17.3. The van der Waals surface area contributed by atoms with Crippen molar-refractivity contribution in [3.8, 4) is 5.82 Å². The Morgan fingerprint density at radius 2 is 2.08 bits per heavy atom. The SMILES string of the molecule is O=C(Nc1cccnc1-n1cccn1)c1cc2cc(F)ccc2s1. The third kappa shape index (κ3) is 2.65. The number of aromatic nitrogens is 3. The van der Waals surface area contributed by atoms with Crippen LogP contribution < -0.4 is 5.32 Å². The van der Waals surface area contributed by atoms with Gasteiger partial charge < -0.3 is 5.32 Å². The second kappa shape index (κ2) is 5.86. The Labute approximate surface area is 140 Å². The molecule has 7 heteroatoms. The standard InChI is InChI=1S/C17H11FN4OS/c18-12-4-5-14-11(9-12)10-15(24-14)17(23)21-13-3-1-6-19-16(13)22-8-2-7-20-22/h1-10H,(H,21,23). The number of fused-ring (bicyclic) bond motifs is 1. The summed E-state index contributed by atoms with van der Waals surface area (Å²) in [7, 11) is 0. The predicted octanol–water partition coefficient (Wildman–Crippen LogP) is 3.87. The molecule has 0 aliphatic heterocycles. The van der Waals surface area contributed by atoms with Gasteiger partial charge in [0, 0.05) is 23.3 Å². The van der Waals surface area contributed by atoms with Crippen molar-refractivity contribution in [3.63, 3.8) is 0 Å². The summed E-state index contributed by atoms with van der Waals surface area (Å²) in [6.45, 7) is 0. The fraction of sp³-hybridized carbons (Fsp3) is 0. The summed E-state index contributed by atoms with van der Waals surface area (Å²) in [5, 5.41) is 7.69. The van der Waals surface area contributed by atoms with E-state index in [2.05, 4.69) is 15.4 Å². The van der Waals surface area contributed by atoms with Crippen LogP contribution in [0.25, 0.3) is 15.9 Å². The largest absolute Gasteiger partial charge is 0.318 e. The highest BCUT2D eigenvalue weighted by Crippen LogP contribution is 2.27.